The number of hydrogen-bond donors (Lipinski definition) is 2. The second-order valence-corrected chi connectivity index (χ2v) is 5.78. The molecule has 0 amide bonds. The number of aromatic nitrogens is 3. The van der Waals surface area contributed by atoms with Crippen LogP contribution in [0.4, 0.5) is 0 Å². The summed E-state index contributed by atoms with van der Waals surface area (Å²) in [6, 6.07) is 0.715. The fourth-order valence-corrected chi connectivity index (χ4v) is 3.39. The quantitative estimate of drug-likeness (QED) is 0.517. The molecule has 2 atom stereocenters. The Labute approximate surface area is 120 Å². The number of hydrazine groups is 1. The monoisotopic (exact) mass is 279 g/mol. The molecule has 2 unspecified atom stereocenters. The highest BCUT2D eigenvalue weighted by Crippen LogP contribution is 2.19. The predicted molar refractivity (Wildman–Crippen MR) is 76.9 cm³/mol. The van der Waals surface area contributed by atoms with Gasteiger partial charge in [0.1, 0.15) is 12.2 Å². The van der Waals surface area contributed by atoms with E-state index in [-0.39, 0.29) is 6.04 Å². The molecule has 3 fully saturated rings. The zero-order valence-electron chi connectivity index (χ0n) is 12.2. The van der Waals surface area contributed by atoms with Gasteiger partial charge in [-0.2, -0.15) is 5.10 Å². The van der Waals surface area contributed by atoms with Crippen LogP contribution >= 0.6 is 0 Å². The summed E-state index contributed by atoms with van der Waals surface area (Å²) in [6.07, 6.45) is 3.56. The SMILES string of the molecule is CCCn1ncnc1CC(NN)C1CN2CCN1CC2. The van der Waals surface area contributed by atoms with Crippen molar-refractivity contribution in [2.75, 3.05) is 32.7 Å². The average Bonchev–Trinajstić information content (AvgIpc) is 2.93. The maximum atomic E-state index is 5.82. The molecule has 0 aromatic carbocycles. The van der Waals surface area contributed by atoms with Crippen molar-refractivity contribution >= 4 is 0 Å². The minimum atomic E-state index is 0.234. The standard InChI is InChI=1S/C13H25N7/c1-2-3-20-13(15-10-16-20)8-11(17-14)12-9-18-4-6-19(12)7-5-18/h10-12,17H,2-9,14H2,1H3. The van der Waals surface area contributed by atoms with Crippen molar-refractivity contribution in [3.63, 3.8) is 0 Å². The summed E-state index contributed by atoms with van der Waals surface area (Å²) in [6.45, 7) is 8.89. The molecule has 3 saturated heterocycles. The number of nitrogens with zero attached hydrogens (tertiary/aromatic N) is 5. The van der Waals surface area contributed by atoms with E-state index < -0.39 is 0 Å². The van der Waals surface area contributed by atoms with E-state index in [1.165, 1.54) is 13.1 Å². The Balaban J connectivity index is 1.69. The summed E-state index contributed by atoms with van der Waals surface area (Å²) in [4.78, 5) is 9.50. The van der Waals surface area contributed by atoms with Crippen LogP contribution in [0.15, 0.2) is 6.33 Å². The third-order valence-corrected chi connectivity index (χ3v) is 4.53. The molecule has 7 heteroatoms. The first-order valence-corrected chi connectivity index (χ1v) is 7.61. The fourth-order valence-electron chi connectivity index (χ4n) is 3.39. The Morgan fingerprint density at radius 1 is 1.40 bits per heavy atom. The van der Waals surface area contributed by atoms with Crippen molar-refractivity contribution in [2.45, 2.75) is 38.4 Å². The number of fused-ring (bicyclic) bond motifs is 3. The molecule has 0 radical (unpaired) electrons. The lowest BCUT2D eigenvalue weighted by Gasteiger charge is -2.50. The van der Waals surface area contributed by atoms with Crippen molar-refractivity contribution < 1.29 is 0 Å². The van der Waals surface area contributed by atoms with E-state index in [0.29, 0.717) is 6.04 Å². The lowest BCUT2D eigenvalue weighted by molar-refractivity contribution is -0.00356. The first-order chi connectivity index (χ1) is 9.81. The fraction of sp³-hybridized carbons (Fsp3) is 0.846. The van der Waals surface area contributed by atoms with Gasteiger partial charge in [-0.3, -0.25) is 25.8 Å². The Bertz CT molecular complexity index is 424. The lowest BCUT2D eigenvalue weighted by atomic mass is 9.98. The molecule has 4 heterocycles. The largest absolute Gasteiger partial charge is 0.299 e. The highest BCUT2D eigenvalue weighted by atomic mass is 15.4. The van der Waals surface area contributed by atoms with Crippen molar-refractivity contribution in [1.29, 1.82) is 0 Å². The first-order valence-electron chi connectivity index (χ1n) is 7.61. The van der Waals surface area contributed by atoms with Crippen LogP contribution < -0.4 is 11.3 Å². The molecule has 3 aliphatic heterocycles. The second kappa shape index (κ2) is 6.17. The van der Waals surface area contributed by atoms with Crippen LogP contribution in [-0.4, -0.2) is 69.4 Å². The molecular formula is C13H25N7. The van der Waals surface area contributed by atoms with E-state index in [1.54, 1.807) is 6.33 Å². The number of rotatable bonds is 6. The number of nitrogens with one attached hydrogen (secondary N) is 1. The molecule has 1 aromatic heterocycles. The zero-order valence-corrected chi connectivity index (χ0v) is 12.2. The van der Waals surface area contributed by atoms with Gasteiger partial charge in [0.05, 0.1) is 0 Å². The van der Waals surface area contributed by atoms with Gasteiger partial charge in [-0.1, -0.05) is 6.92 Å². The van der Waals surface area contributed by atoms with Crippen molar-refractivity contribution in [3.05, 3.63) is 12.2 Å². The average molecular weight is 279 g/mol. The summed E-state index contributed by atoms with van der Waals surface area (Å²) < 4.78 is 2.00. The van der Waals surface area contributed by atoms with Gasteiger partial charge < -0.3 is 0 Å². The van der Waals surface area contributed by atoms with Crippen molar-refractivity contribution in [2.24, 2.45) is 5.84 Å². The second-order valence-electron chi connectivity index (χ2n) is 5.78. The van der Waals surface area contributed by atoms with Gasteiger partial charge in [0.15, 0.2) is 0 Å². The molecular weight excluding hydrogens is 254 g/mol. The van der Waals surface area contributed by atoms with Gasteiger partial charge in [-0.25, -0.2) is 4.98 Å². The first kappa shape index (κ1) is 13.9. The van der Waals surface area contributed by atoms with E-state index in [2.05, 4.69) is 32.2 Å². The van der Waals surface area contributed by atoms with Crippen LogP contribution in [0.1, 0.15) is 19.2 Å². The summed E-state index contributed by atoms with van der Waals surface area (Å²) in [5.74, 6) is 6.86. The van der Waals surface area contributed by atoms with E-state index in [1.807, 2.05) is 4.68 Å². The molecule has 7 nitrogen and oxygen atoms in total. The summed E-state index contributed by atoms with van der Waals surface area (Å²) in [7, 11) is 0. The molecule has 3 aliphatic rings. The summed E-state index contributed by atoms with van der Waals surface area (Å²) in [5.41, 5.74) is 3.01. The zero-order chi connectivity index (χ0) is 13.9. The van der Waals surface area contributed by atoms with Crippen LogP contribution in [0.3, 0.4) is 0 Å². The van der Waals surface area contributed by atoms with Crippen LogP contribution in [0.2, 0.25) is 0 Å². The highest BCUT2D eigenvalue weighted by Gasteiger charge is 2.36. The third-order valence-electron chi connectivity index (χ3n) is 4.53. The van der Waals surface area contributed by atoms with Crippen LogP contribution in [0.25, 0.3) is 0 Å². The topological polar surface area (TPSA) is 75.2 Å². The number of nitrogens with two attached hydrogens (primary N) is 1. The molecule has 0 saturated carbocycles. The van der Waals surface area contributed by atoms with Crippen molar-refractivity contribution in [1.82, 2.24) is 30.0 Å². The molecule has 112 valence electrons. The Hall–Kier alpha value is -1.02. The third kappa shape index (κ3) is 2.71. The maximum Gasteiger partial charge on any atom is 0.138 e. The molecule has 1 aromatic rings. The molecule has 2 bridgehead atoms. The van der Waals surface area contributed by atoms with Gasteiger partial charge >= 0.3 is 0 Å². The van der Waals surface area contributed by atoms with Crippen LogP contribution in [-0.2, 0) is 13.0 Å². The maximum absolute atomic E-state index is 5.82. The van der Waals surface area contributed by atoms with Crippen LogP contribution in [0.5, 0.6) is 0 Å². The van der Waals surface area contributed by atoms with Crippen molar-refractivity contribution in [3.8, 4) is 0 Å². The van der Waals surface area contributed by atoms with Crippen LogP contribution in [0, 0.1) is 0 Å². The Kier molecular flexibility index (Phi) is 4.30. The Morgan fingerprint density at radius 2 is 2.20 bits per heavy atom. The predicted octanol–water partition coefficient (Wildman–Crippen LogP) is -0.938. The molecule has 0 aliphatic carbocycles. The molecule has 3 N–H and O–H groups in total. The molecule has 20 heavy (non-hydrogen) atoms. The highest BCUT2D eigenvalue weighted by molar-refractivity contribution is 4.99. The number of hydrogen-bond acceptors (Lipinski definition) is 6. The van der Waals surface area contributed by atoms with Gasteiger partial charge in [-0.15, -0.1) is 0 Å². The van der Waals surface area contributed by atoms with E-state index in [0.717, 1.165) is 44.8 Å². The van der Waals surface area contributed by atoms with E-state index in [4.69, 9.17) is 5.84 Å². The van der Waals surface area contributed by atoms with Gasteiger partial charge in [-0.05, 0) is 6.42 Å². The minimum absolute atomic E-state index is 0.234. The van der Waals surface area contributed by atoms with Gasteiger partial charge in [0.25, 0.3) is 0 Å². The molecule has 0 spiro atoms. The van der Waals surface area contributed by atoms with E-state index in [9.17, 15) is 0 Å². The lowest BCUT2D eigenvalue weighted by Crippen LogP contribution is -2.67. The number of piperazine rings is 3. The molecule has 4 rings (SSSR count). The normalized spacial score (nSPS) is 30.6. The van der Waals surface area contributed by atoms with E-state index >= 15 is 0 Å². The van der Waals surface area contributed by atoms with Gasteiger partial charge in [0.2, 0.25) is 0 Å². The summed E-state index contributed by atoms with van der Waals surface area (Å²) >= 11 is 0. The van der Waals surface area contributed by atoms with Gasteiger partial charge in [0, 0.05) is 57.8 Å². The Morgan fingerprint density at radius 3 is 2.80 bits per heavy atom. The number of aryl methyl sites for hydroxylation is 1. The minimum Gasteiger partial charge on any atom is -0.299 e. The summed E-state index contributed by atoms with van der Waals surface area (Å²) in [5, 5.41) is 4.30. The smallest absolute Gasteiger partial charge is 0.138 e.